The second-order valence-electron chi connectivity index (χ2n) is 5.59. The third kappa shape index (κ3) is 3.15. The van der Waals surface area contributed by atoms with E-state index in [1.807, 2.05) is 20.2 Å². The summed E-state index contributed by atoms with van der Waals surface area (Å²) in [6, 6.07) is 8.59. The fourth-order valence-electron chi connectivity index (χ4n) is 2.94. The SMILES string of the molecule is CCC(CC)(OC)C(NC)c1cccc(OC2CC2)c1. The summed E-state index contributed by atoms with van der Waals surface area (Å²) < 4.78 is 11.8. The highest BCUT2D eigenvalue weighted by molar-refractivity contribution is 5.32. The van der Waals surface area contributed by atoms with E-state index in [2.05, 4.69) is 37.4 Å². The molecule has 0 amide bonds. The zero-order valence-corrected chi connectivity index (χ0v) is 13.1. The summed E-state index contributed by atoms with van der Waals surface area (Å²) >= 11 is 0. The van der Waals surface area contributed by atoms with Gasteiger partial charge in [0.15, 0.2) is 0 Å². The van der Waals surface area contributed by atoms with Crippen LogP contribution in [0.5, 0.6) is 5.75 Å². The molecule has 3 heteroatoms. The first-order valence-corrected chi connectivity index (χ1v) is 7.68. The van der Waals surface area contributed by atoms with E-state index >= 15 is 0 Å². The molecule has 1 fully saturated rings. The third-order valence-corrected chi connectivity index (χ3v) is 4.44. The van der Waals surface area contributed by atoms with Crippen LogP contribution in [0.15, 0.2) is 24.3 Å². The smallest absolute Gasteiger partial charge is 0.120 e. The maximum atomic E-state index is 5.91. The number of ether oxygens (including phenoxy) is 2. The molecule has 0 aromatic heterocycles. The Morgan fingerprint density at radius 1 is 1.30 bits per heavy atom. The number of hydrogen-bond donors (Lipinski definition) is 1. The van der Waals surface area contributed by atoms with Crippen LogP contribution in [-0.4, -0.2) is 25.9 Å². The maximum absolute atomic E-state index is 5.91. The fraction of sp³-hybridized carbons (Fsp3) is 0.647. The molecule has 2 rings (SSSR count). The van der Waals surface area contributed by atoms with Crippen LogP contribution in [0.2, 0.25) is 0 Å². The summed E-state index contributed by atoms with van der Waals surface area (Å²) in [5.41, 5.74) is 1.06. The zero-order valence-electron chi connectivity index (χ0n) is 13.1. The maximum Gasteiger partial charge on any atom is 0.120 e. The van der Waals surface area contributed by atoms with Crippen molar-refractivity contribution in [3.8, 4) is 5.75 Å². The molecular weight excluding hydrogens is 250 g/mol. The molecule has 112 valence electrons. The van der Waals surface area contributed by atoms with E-state index in [9.17, 15) is 0 Å². The van der Waals surface area contributed by atoms with Crippen LogP contribution in [0.4, 0.5) is 0 Å². The lowest BCUT2D eigenvalue weighted by molar-refractivity contribution is -0.0468. The Morgan fingerprint density at radius 3 is 2.50 bits per heavy atom. The summed E-state index contributed by atoms with van der Waals surface area (Å²) in [6.07, 6.45) is 4.75. The van der Waals surface area contributed by atoms with Crippen LogP contribution >= 0.6 is 0 Å². The normalized spacial score (nSPS) is 17.0. The topological polar surface area (TPSA) is 30.5 Å². The van der Waals surface area contributed by atoms with Crippen molar-refractivity contribution < 1.29 is 9.47 Å². The Hall–Kier alpha value is -1.06. The number of hydrogen-bond acceptors (Lipinski definition) is 3. The first-order valence-electron chi connectivity index (χ1n) is 7.68. The first kappa shape index (κ1) is 15.3. The lowest BCUT2D eigenvalue weighted by Crippen LogP contribution is -2.43. The van der Waals surface area contributed by atoms with Gasteiger partial charge in [-0.25, -0.2) is 0 Å². The lowest BCUT2D eigenvalue weighted by Gasteiger charge is -2.38. The van der Waals surface area contributed by atoms with Crippen LogP contribution in [0.25, 0.3) is 0 Å². The van der Waals surface area contributed by atoms with Gasteiger partial charge >= 0.3 is 0 Å². The Balaban J connectivity index is 2.25. The number of likely N-dealkylation sites (N-methyl/N-ethyl adjacent to an activating group) is 1. The number of rotatable bonds is 8. The highest BCUT2D eigenvalue weighted by atomic mass is 16.5. The molecule has 1 atom stereocenters. The van der Waals surface area contributed by atoms with Gasteiger partial charge in [-0.15, -0.1) is 0 Å². The van der Waals surface area contributed by atoms with Crippen molar-refractivity contribution in [1.29, 1.82) is 0 Å². The van der Waals surface area contributed by atoms with Gasteiger partial charge in [0.05, 0.1) is 17.7 Å². The van der Waals surface area contributed by atoms with Crippen molar-refractivity contribution in [2.75, 3.05) is 14.2 Å². The third-order valence-electron chi connectivity index (χ3n) is 4.44. The molecule has 1 aromatic rings. The van der Waals surface area contributed by atoms with Gasteiger partial charge in [0.25, 0.3) is 0 Å². The van der Waals surface area contributed by atoms with E-state index in [1.165, 1.54) is 18.4 Å². The minimum absolute atomic E-state index is 0.172. The molecule has 20 heavy (non-hydrogen) atoms. The van der Waals surface area contributed by atoms with Crippen LogP contribution in [0, 0.1) is 0 Å². The van der Waals surface area contributed by atoms with Gasteiger partial charge in [-0.1, -0.05) is 26.0 Å². The van der Waals surface area contributed by atoms with Crippen molar-refractivity contribution in [3.63, 3.8) is 0 Å². The minimum atomic E-state index is -0.174. The van der Waals surface area contributed by atoms with Gasteiger partial charge in [0, 0.05) is 7.11 Å². The first-order chi connectivity index (χ1) is 9.69. The largest absolute Gasteiger partial charge is 0.490 e. The van der Waals surface area contributed by atoms with Crippen molar-refractivity contribution in [3.05, 3.63) is 29.8 Å². The van der Waals surface area contributed by atoms with Gasteiger partial charge in [-0.2, -0.15) is 0 Å². The predicted octanol–water partition coefficient (Wildman–Crippen LogP) is 3.69. The van der Waals surface area contributed by atoms with Gasteiger partial charge < -0.3 is 14.8 Å². The van der Waals surface area contributed by atoms with Crippen LogP contribution in [0.1, 0.15) is 51.1 Å². The molecule has 3 nitrogen and oxygen atoms in total. The number of benzene rings is 1. The second kappa shape index (κ2) is 6.59. The van der Waals surface area contributed by atoms with Crippen molar-refractivity contribution >= 4 is 0 Å². The van der Waals surface area contributed by atoms with Gasteiger partial charge in [0.2, 0.25) is 0 Å². The highest BCUT2D eigenvalue weighted by Gasteiger charge is 2.36. The Labute approximate surface area is 122 Å². The standard InChI is InChI=1S/C17H27NO2/c1-5-17(6-2,19-4)16(18-3)13-8-7-9-15(12-13)20-14-10-11-14/h7-9,12,14,16,18H,5-6,10-11H2,1-4H3. The van der Waals surface area contributed by atoms with E-state index in [0.717, 1.165) is 18.6 Å². The predicted molar refractivity (Wildman–Crippen MR) is 82.2 cm³/mol. The van der Waals surface area contributed by atoms with E-state index < -0.39 is 0 Å². The molecule has 0 radical (unpaired) electrons. The molecule has 0 aliphatic heterocycles. The molecule has 1 unspecified atom stereocenters. The quantitative estimate of drug-likeness (QED) is 0.786. The van der Waals surface area contributed by atoms with E-state index in [0.29, 0.717) is 6.10 Å². The summed E-state index contributed by atoms with van der Waals surface area (Å²) in [6.45, 7) is 4.36. The average molecular weight is 277 g/mol. The molecule has 1 aliphatic rings. The summed E-state index contributed by atoms with van der Waals surface area (Å²) in [5, 5.41) is 3.43. The Morgan fingerprint density at radius 2 is 2.00 bits per heavy atom. The summed E-state index contributed by atoms with van der Waals surface area (Å²) in [4.78, 5) is 0. The van der Waals surface area contributed by atoms with Crippen molar-refractivity contribution in [2.45, 2.75) is 57.3 Å². The van der Waals surface area contributed by atoms with Gasteiger partial charge in [-0.05, 0) is 50.4 Å². The molecule has 1 saturated carbocycles. The van der Waals surface area contributed by atoms with Gasteiger partial charge in [-0.3, -0.25) is 0 Å². The molecule has 0 spiro atoms. The molecule has 0 saturated heterocycles. The molecule has 1 aromatic carbocycles. The number of methoxy groups -OCH3 is 1. The minimum Gasteiger partial charge on any atom is -0.490 e. The van der Waals surface area contributed by atoms with Gasteiger partial charge in [0.1, 0.15) is 5.75 Å². The monoisotopic (exact) mass is 277 g/mol. The average Bonchev–Trinajstić information content (AvgIpc) is 3.29. The lowest BCUT2D eigenvalue weighted by atomic mass is 9.84. The van der Waals surface area contributed by atoms with Crippen molar-refractivity contribution in [2.24, 2.45) is 0 Å². The van der Waals surface area contributed by atoms with Crippen LogP contribution < -0.4 is 10.1 Å². The molecule has 0 heterocycles. The van der Waals surface area contributed by atoms with E-state index in [-0.39, 0.29) is 11.6 Å². The van der Waals surface area contributed by atoms with Crippen LogP contribution in [0.3, 0.4) is 0 Å². The summed E-state index contributed by atoms with van der Waals surface area (Å²) in [7, 11) is 3.81. The number of nitrogens with one attached hydrogen (secondary N) is 1. The molecule has 1 aliphatic carbocycles. The van der Waals surface area contributed by atoms with E-state index in [1.54, 1.807) is 0 Å². The molecule has 0 bridgehead atoms. The van der Waals surface area contributed by atoms with Crippen LogP contribution in [-0.2, 0) is 4.74 Å². The second-order valence-corrected chi connectivity index (χ2v) is 5.59. The highest BCUT2D eigenvalue weighted by Crippen LogP contribution is 2.36. The van der Waals surface area contributed by atoms with Crippen molar-refractivity contribution in [1.82, 2.24) is 5.32 Å². The Bertz CT molecular complexity index is 416. The Kier molecular flexibility index (Phi) is 5.06. The summed E-state index contributed by atoms with van der Waals surface area (Å²) in [5.74, 6) is 0.974. The van der Waals surface area contributed by atoms with E-state index in [4.69, 9.17) is 9.47 Å². The fourth-order valence-corrected chi connectivity index (χ4v) is 2.94. The molecular formula is C17H27NO2. The zero-order chi connectivity index (χ0) is 14.6. The molecule has 1 N–H and O–H groups in total.